The van der Waals surface area contributed by atoms with Gasteiger partial charge in [0.05, 0.1) is 29.8 Å². The van der Waals surface area contributed by atoms with E-state index in [2.05, 4.69) is 32.1 Å². The number of aryl methyl sites for hydroxylation is 1. The first-order chi connectivity index (χ1) is 12.2. The number of rotatable bonds is 3. The fourth-order valence-corrected chi connectivity index (χ4v) is 4.34. The van der Waals surface area contributed by atoms with Gasteiger partial charge in [-0.25, -0.2) is 4.98 Å². The SMILES string of the molecule is Cc1nnc2ccc(N3CC(N(C)c4nc5c(s4)COCC5)C3)nn12. The molecule has 8 nitrogen and oxygen atoms in total. The van der Waals surface area contributed by atoms with Gasteiger partial charge in [0.2, 0.25) is 0 Å². The summed E-state index contributed by atoms with van der Waals surface area (Å²) in [6.07, 6.45) is 0.929. The van der Waals surface area contributed by atoms with Gasteiger partial charge in [0.15, 0.2) is 16.6 Å². The monoisotopic (exact) mass is 357 g/mol. The molecule has 25 heavy (non-hydrogen) atoms. The van der Waals surface area contributed by atoms with Crippen molar-refractivity contribution in [1.82, 2.24) is 24.8 Å². The predicted molar refractivity (Wildman–Crippen MR) is 95.4 cm³/mol. The summed E-state index contributed by atoms with van der Waals surface area (Å²) in [5.74, 6) is 1.77. The lowest BCUT2D eigenvalue weighted by Gasteiger charge is -2.44. The Labute approximate surface area is 149 Å². The van der Waals surface area contributed by atoms with Crippen LogP contribution >= 0.6 is 11.3 Å². The van der Waals surface area contributed by atoms with E-state index in [1.807, 2.05) is 19.1 Å². The summed E-state index contributed by atoms with van der Waals surface area (Å²) in [5.41, 5.74) is 2.00. The number of fused-ring (bicyclic) bond motifs is 2. The highest BCUT2D eigenvalue weighted by Gasteiger charge is 2.33. The maximum Gasteiger partial charge on any atom is 0.185 e. The molecule has 0 bridgehead atoms. The highest BCUT2D eigenvalue weighted by Crippen LogP contribution is 2.32. The van der Waals surface area contributed by atoms with Crippen LogP contribution in [0, 0.1) is 6.92 Å². The fraction of sp³-hybridized carbons (Fsp3) is 0.500. The fourth-order valence-electron chi connectivity index (χ4n) is 3.26. The molecule has 0 aromatic carbocycles. The minimum absolute atomic E-state index is 0.452. The summed E-state index contributed by atoms with van der Waals surface area (Å²) in [7, 11) is 2.13. The lowest BCUT2D eigenvalue weighted by atomic mass is 10.1. The smallest absolute Gasteiger partial charge is 0.185 e. The van der Waals surface area contributed by atoms with Crippen LogP contribution in [-0.4, -0.2) is 57.6 Å². The van der Waals surface area contributed by atoms with Gasteiger partial charge in [-0.2, -0.15) is 4.52 Å². The number of thiazole rings is 1. The largest absolute Gasteiger partial charge is 0.375 e. The van der Waals surface area contributed by atoms with Gasteiger partial charge in [0.1, 0.15) is 5.82 Å². The lowest BCUT2D eigenvalue weighted by molar-refractivity contribution is 0.112. The van der Waals surface area contributed by atoms with Crippen LogP contribution in [0.25, 0.3) is 5.65 Å². The highest BCUT2D eigenvalue weighted by atomic mass is 32.1. The van der Waals surface area contributed by atoms with Gasteiger partial charge in [-0.05, 0) is 19.1 Å². The molecule has 0 N–H and O–H groups in total. The molecule has 1 fully saturated rings. The number of nitrogens with zero attached hydrogens (tertiary/aromatic N) is 7. The Hall–Kier alpha value is -2.26. The van der Waals surface area contributed by atoms with Crippen molar-refractivity contribution in [2.24, 2.45) is 0 Å². The van der Waals surface area contributed by atoms with Crippen molar-refractivity contribution in [2.45, 2.75) is 26.0 Å². The third kappa shape index (κ3) is 2.46. The van der Waals surface area contributed by atoms with Crippen molar-refractivity contribution in [1.29, 1.82) is 0 Å². The first-order valence-electron chi connectivity index (χ1n) is 8.42. The molecule has 1 saturated heterocycles. The molecule has 2 aliphatic rings. The van der Waals surface area contributed by atoms with E-state index in [-0.39, 0.29) is 0 Å². The molecule has 0 unspecified atom stereocenters. The molecule has 5 rings (SSSR count). The molecule has 3 aromatic heterocycles. The number of hydrogen-bond donors (Lipinski definition) is 0. The first-order valence-corrected chi connectivity index (χ1v) is 9.24. The normalized spacial score (nSPS) is 17.6. The summed E-state index contributed by atoms with van der Waals surface area (Å²) in [5, 5.41) is 13.9. The molecule has 0 amide bonds. The Morgan fingerprint density at radius 1 is 1.28 bits per heavy atom. The molecular weight excluding hydrogens is 338 g/mol. The Bertz CT molecular complexity index is 906. The first kappa shape index (κ1) is 15.0. The highest BCUT2D eigenvalue weighted by molar-refractivity contribution is 7.15. The van der Waals surface area contributed by atoms with Gasteiger partial charge in [-0.1, -0.05) is 11.3 Å². The maximum absolute atomic E-state index is 5.53. The average molecular weight is 357 g/mol. The van der Waals surface area contributed by atoms with E-state index in [1.54, 1.807) is 15.9 Å². The van der Waals surface area contributed by atoms with Crippen LogP contribution in [0.5, 0.6) is 0 Å². The van der Waals surface area contributed by atoms with Crippen molar-refractivity contribution in [2.75, 3.05) is 36.5 Å². The summed E-state index contributed by atoms with van der Waals surface area (Å²) in [4.78, 5) is 10.7. The van der Waals surface area contributed by atoms with E-state index in [0.29, 0.717) is 12.6 Å². The van der Waals surface area contributed by atoms with Crippen LogP contribution in [-0.2, 0) is 17.8 Å². The summed E-state index contributed by atoms with van der Waals surface area (Å²) in [6, 6.07) is 4.43. The molecule has 5 heterocycles. The van der Waals surface area contributed by atoms with Gasteiger partial charge in [-0.3, -0.25) is 0 Å². The van der Waals surface area contributed by atoms with Crippen molar-refractivity contribution in [3.05, 3.63) is 28.5 Å². The van der Waals surface area contributed by atoms with Crippen LogP contribution < -0.4 is 9.80 Å². The molecule has 9 heteroatoms. The minimum atomic E-state index is 0.452. The van der Waals surface area contributed by atoms with Crippen LogP contribution in [0.1, 0.15) is 16.4 Å². The van der Waals surface area contributed by atoms with Gasteiger partial charge in [0, 0.05) is 26.6 Å². The Balaban J connectivity index is 1.30. The maximum atomic E-state index is 5.53. The van der Waals surface area contributed by atoms with Crippen LogP contribution in [0.2, 0.25) is 0 Å². The van der Waals surface area contributed by atoms with Crippen molar-refractivity contribution >= 4 is 27.9 Å². The average Bonchev–Trinajstić information content (AvgIpc) is 3.17. The zero-order chi connectivity index (χ0) is 17.0. The standard InChI is InChI=1S/C16H19N7OS/c1-10-18-19-14-3-4-15(20-23(10)14)22-7-11(8-22)21(2)16-17-12-5-6-24-9-13(12)25-16/h3-4,11H,5-9H2,1-2H3. The zero-order valence-electron chi connectivity index (χ0n) is 14.2. The van der Waals surface area contributed by atoms with Crippen molar-refractivity contribution in [3.63, 3.8) is 0 Å². The van der Waals surface area contributed by atoms with E-state index in [1.165, 1.54) is 10.6 Å². The molecule has 0 spiro atoms. The second-order valence-corrected chi connectivity index (χ2v) is 7.61. The van der Waals surface area contributed by atoms with Crippen LogP contribution in [0.3, 0.4) is 0 Å². The number of hydrogen-bond acceptors (Lipinski definition) is 8. The topological polar surface area (TPSA) is 71.7 Å². The third-order valence-corrected chi connectivity index (χ3v) is 6.09. The molecule has 0 aliphatic carbocycles. The molecular formula is C16H19N7OS. The molecule has 3 aromatic rings. The third-order valence-electron chi connectivity index (χ3n) is 4.92. The van der Waals surface area contributed by atoms with E-state index in [9.17, 15) is 0 Å². The predicted octanol–water partition coefficient (Wildman–Crippen LogP) is 1.29. The zero-order valence-corrected chi connectivity index (χ0v) is 15.0. The molecule has 0 radical (unpaired) electrons. The van der Waals surface area contributed by atoms with Crippen LogP contribution in [0.4, 0.5) is 10.9 Å². The lowest BCUT2D eigenvalue weighted by Crippen LogP contribution is -2.59. The molecule has 130 valence electrons. The van der Waals surface area contributed by atoms with E-state index >= 15 is 0 Å². The second-order valence-electron chi connectivity index (χ2n) is 6.55. The Morgan fingerprint density at radius 3 is 3.00 bits per heavy atom. The Kier molecular flexibility index (Phi) is 3.39. The minimum Gasteiger partial charge on any atom is -0.375 e. The quantitative estimate of drug-likeness (QED) is 0.699. The number of ether oxygens (including phenoxy) is 1. The van der Waals surface area contributed by atoms with E-state index < -0.39 is 0 Å². The van der Waals surface area contributed by atoms with Gasteiger partial charge < -0.3 is 14.5 Å². The number of aromatic nitrogens is 5. The second kappa shape index (κ2) is 5.63. The Morgan fingerprint density at radius 2 is 2.16 bits per heavy atom. The van der Waals surface area contributed by atoms with Crippen LogP contribution in [0.15, 0.2) is 12.1 Å². The number of likely N-dealkylation sites (N-methyl/N-ethyl adjacent to an activating group) is 1. The number of anilines is 2. The molecule has 2 aliphatic heterocycles. The molecule has 0 atom stereocenters. The van der Waals surface area contributed by atoms with E-state index in [0.717, 1.165) is 48.5 Å². The molecule has 0 saturated carbocycles. The van der Waals surface area contributed by atoms with Gasteiger partial charge in [-0.15, -0.1) is 15.3 Å². The summed E-state index contributed by atoms with van der Waals surface area (Å²) >= 11 is 1.76. The van der Waals surface area contributed by atoms with E-state index in [4.69, 9.17) is 9.72 Å². The summed E-state index contributed by atoms with van der Waals surface area (Å²) in [6.45, 7) is 5.29. The van der Waals surface area contributed by atoms with Crippen molar-refractivity contribution in [3.8, 4) is 0 Å². The van der Waals surface area contributed by atoms with Crippen molar-refractivity contribution < 1.29 is 4.74 Å². The van der Waals surface area contributed by atoms with Gasteiger partial charge >= 0.3 is 0 Å². The summed E-state index contributed by atoms with van der Waals surface area (Å²) < 4.78 is 7.32. The van der Waals surface area contributed by atoms with Gasteiger partial charge in [0.25, 0.3) is 0 Å².